The summed E-state index contributed by atoms with van der Waals surface area (Å²) in [5.41, 5.74) is 0.108. The van der Waals surface area contributed by atoms with E-state index in [4.69, 9.17) is 9.47 Å². The normalized spacial score (nSPS) is 20.6. The summed E-state index contributed by atoms with van der Waals surface area (Å²) in [6.07, 6.45) is -3.32. The first-order valence-corrected chi connectivity index (χ1v) is 7.14. The van der Waals surface area contributed by atoms with Crippen molar-refractivity contribution in [2.45, 2.75) is 24.7 Å². The van der Waals surface area contributed by atoms with E-state index in [-0.39, 0.29) is 17.8 Å². The van der Waals surface area contributed by atoms with Gasteiger partial charge in [-0.05, 0) is 12.1 Å². The average molecular weight is 330 g/mol. The molecule has 128 valence electrons. The number of nitrogens with zero attached hydrogens (tertiary/aromatic N) is 1. The van der Waals surface area contributed by atoms with Gasteiger partial charge in [-0.1, -0.05) is 12.1 Å². The Morgan fingerprint density at radius 1 is 1.43 bits per heavy atom. The summed E-state index contributed by atoms with van der Waals surface area (Å²) >= 11 is 0. The fraction of sp³-hybridized carbons (Fsp3) is 0.533. The van der Waals surface area contributed by atoms with E-state index in [1.54, 1.807) is 0 Å². The average Bonchev–Trinajstić information content (AvgIpc) is 2.55. The Balaban J connectivity index is 2.01. The van der Waals surface area contributed by atoms with E-state index in [1.165, 1.54) is 43.4 Å². The van der Waals surface area contributed by atoms with Gasteiger partial charge in [-0.25, -0.2) is 13.6 Å². The van der Waals surface area contributed by atoms with Gasteiger partial charge in [0.1, 0.15) is 6.10 Å². The van der Waals surface area contributed by atoms with Crippen molar-refractivity contribution in [1.29, 1.82) is 0 Å². The number of benzene rings is 1. The van der Waals surface area contributed by atoms with Crippen molar-refractivity contribution in [2.24, 2.45) is 0 Å². The van der Waals surface area contributed by atoms with Gasteiger partial charge < -0.3 is 24.8 Å². The number of urea groups is 1. The van der Waals surface area contributed by atoms with Crippen LogP contribution in [-0.4, -0.2) is 55.2 Å². The molecule has 23 heavy (non-hydrogen) atoms. The molecule has 0 radical (unpaired) electrons. The van der Waals surface area contributed by atoms with E-state index in [9.17, 15) is 18.7 Å². The number of aliphatic hydroxyl groups is 1. The highest BCUT2D eigenvalue weighted by Crippen LogP contribution is 2.27. The molecule has 1 aliphatic rings. The minimum Gasteiger partial charge on any atom is -0.386 e. The van der Waals surface area contributed by atoms with E-state index in [2.05, 4.69) is 5.32 Å². The largest absolute Gasteiger partial charge is 0.386 e. The molecule has 2 rings (SSSR count). The maximum atomic E-state index is 12.7. The molecule has 1 unspecified atom stereocenters. The van der Waals surface area contributed by atoms with Gasteiger partial charge in [0, 0.05) is 38.4 Å². The second-order valence-electron chi connectivity index (χ2n) is 5.29. The third-order valence-electron chi connectivity index (χ3n) is 4.00. The van der Waals surface area contributed by atoms with Crippen LogP contribution >= 0.6 is 0 Å². The van der Waals surface area contributed by atoms with Crippen LogP contribution in [0.25, 0.3) is 0 Å². The molecule has 0 spiro atoms. The molecule has 0 bridgehead atoms. The molecule has 1 aliphatic heterocycles. The fourth-order valence-electron chi connectivity index (χ4n) is 2.60. The first-order chi connectivity index (χ1) is 10.9. The predicted octanol–water partition coefficient (Wildman–Crippen LogP) is 2.21. The highest BCUT2D eigenvalue weighted by Gasteiger charge is 2.44. The SMILES string of the molecule is COC1(OC)CCN(C(=O)Nc2cccc(C(F)F)c2)CC1O. The summed E-state index contributed by atoms with van der Waals surface area (Å²) < 4.78 is 35.8. The van der Waals surface area contributed by atoms with E-state index >= 15 is 0 Å². The van der Waals surface area contributed by atoms with Crippen molar-refractivity contribution in [1.82, 2.24) is 4.90 Å². The van der Waals surface area contributed by atoms with Crippen molar-refractivity contribution < 1.29 is 28.2 Å². The number of amides is 2. The zero-order chi connectivity index (χ0) is 17.0. The summed E-state index contributed by atoms with van der Waals surface area (Å²) in [5, 5.41) is 12.7. The van der Waals surface area contributed by atoms with Gasteiger partial charge in [-0.3, -0.25) is 0 Å². The molecule has 1 atom stereocenters. The van der Waals surface area contributed by atoms with Crippen LogP contribution in [0.4, 0.5) is 19.3 Å². The number of hydrogen-bond acceptors (Lipinski definition) is 4. The lowest BCUT2D eigenvalue weighted by Crippen LogP contribution is -2.59. The van der Waals surface area contributed by atoms with Gasteiger partial charge in [-0.15, -0.1) is 0 Å². The lowest BCUT2D eigenvalue weighted by molar-refractivity contribution is -0.275. The minimum atomic E-state index is -2.60. The molecule has 1 aromatic carbocycles. The maximum absolute atomic E-state index is 12.7. The molecule has 1 fully saturated rings. The Hall–Kier alpha value is -1.77. The number of carbonyl (C=O) groups is 1. The number of methoxy groups -OCH3 is 2. The summed E-state index contributed by atoms with van der Waals surface area (Å²) in [5.74, 6) is -1.13. The first-order valence-electron chi connectivity index (χ1n) is 7.14. The van der Waals surface area contributed by atoms with Gasteiger partial charge in [0.2, 0.25) is 0 Å². The van der Waals surface area contributed by atoms with Crippen LogP contribution in [0.15, 0.2) is 24.3 Å². The molecule has 0 aromatic heterocycles. The van der Waals surface area contributed by atoms with Crippen LogP contribution in [-0.2, 0) is 9.47 Å². The Labute approximate surface area is 133 Å². The van der Waals surface area contributed by atoms with Gasteiger partial charge >= 0.3 is 6.03 Å². The molecule has 0 saturated carbocycles. The molecule has 1 saturated heterocycles. The molecule has 0 aliphatic carbocycles. The lowest BCUT2D eigenvalue weighted by Gasteiger charge is -2.43. The molecule has 6 nitrogen and oxygen atoms in total. The molecule has 2 N–H and O–H groups in total. The van der Waals surface area contributed by atoms with Crippen molar-refractivity contribution in [2.75, 3.05) is 32.6 Å². The summed E-state index contributed by atoms with van der Waals surface area (Å²) in [4.78, 5) is 13.6. The number of anilines is 1. The van der Waals surface area contributed by atoms with Crippen molar-refractivity contribution in [3.8, 4) is 0 Å². The number of carbonyl (C=O) groups excluding carboxylic acids is 1. The number of hydrogen-bond donors (Lipinski definition) is 2. The van der Waals surface area contributed by atoms with E-state index in [0.717, 1.165) is 0 Å². The summed E-state index contributed by atoms with van der Waals surface area (Å²) in [6.45, 7) is 0.321. The number of halogens is 2. The molecular formula is C15H20F2N2O4. The third-order valence-corrected chi connectivity index (χ3v) is 4.00. The number of aliphatic hydroxyl groups excluding tert-OH is 1. The number of likely N-dealkylation sites (tertiary alicyclic amines) is 1. The van der Waals surface area contributed by atoms with E-state index in [0.29, 0.717) is 13.0 Å². The maximum Gasteiger partial charge on any atom is 0.321 e. The third kappa shape index (κ3) is 3.77. The number of ether oxygens (including phenoxy) is 2. The second-order valence-corrected chi connectivity index (χ2v) is 5.29. The Bertz CT molecular complexity index is 552. The number of β-amino-alcohol motifs (C(OH)–C–C–N with tert-alkyl or cyclic N) is 1. The number of piperidine rings is 1. The number of rotatable bonds is 4. The highest BCUT2D eigenvalue weighted by atomic mass is 19.3. The lowest BCUT2D eigenvalue weighted by atomic mass is 10.0. The quantitative estimate of drug-likeness (QED) is 0.831. The highest BCUT2D eigenvalue weighted by molar-refractivity contribution is 5.89. The van der Waals surface area contributed by atoms with Crippen LogP contribution < -0.4 is 5.32 Å². The predicted molar refractivity (Wildman–Crippen MR) is 79.4 cm³/mol. The smallest absolute Gasteiger partial charge is 0.321 e. The van der Waals surface area contributed by atoms with Crippen LogP contribution in [0, 0.1) is 0 Å². The van der Waals surface area contributed by atoms with Crippen LogP contribution in [0.5, 0.6) is 0 Å². The zero-order valence-electron chi connectivity index (χ0n) is 13.0. The first kappa shape index (κ1) is 17.6. The summed E-state index contributed by atoms with van der Waals surface area (Å²) in [6, 6.07) is 5.01. The topological polar surface area (TPSA) is 71.0 Å². The molecule has 1 heterocycles. The molecule has 2 amide bonds. The zero-order valence-corrected chi connectivity index (χ0v) is 13.0. The van der Waals surface area contributed by atoms with Crippen LogP contribution in [0.2, 0.25) is 0 Å². The van der Waals surface area contributed by atoms with Crippen molar-refractivity contribution >= 4 is 11.7 Å². The minimum absolute atomic E-state index is 0.0159. The molecule has 1 aromatic rings. The van der Waals surface area contributed by atoms with Crippen LogP contribution in [0.3, 0.4) is 0 Å². The molecule has 8 heteroatoms. The van der Waals surface area contributed by atoms with Crippen molar-refractivity contribution in [3.63, 3.8) is 0 Å². The standard InChI is InChI=1S/C15H20F2N2O4/c1-22-15(23-2)6-7-19(9-12(15)20)14(21)18-11-5-3-4-10(8-11)13(16)17/h3-5,8,12-13,20H,6-7,9H2,1-2H3,(H,18,21). The van der Waals surface area contributed by atoms with Gasteiger partial charge in [0.05, 0.1) is 6.54 Å². The number of alkyl halides is 2. The van der Waals surface area contributed by atoms with Crippen molar-refractivity contribution in [3.05, 3.63) is 29.8 Å². The molecular weight excluding hydrogens is 310 g/mol. The Morgan fingerprint density at radius 3 is 2.70 bits per heavy atom. The van der Waals surface area contributed by atoms with Gasteiger partial charge in [-0.2, -0.15) is 0 Å². The van der Waals surface area contributed by atoms with Crippen LogP contribution in [0.1, 0.15) is 18.4 Å². The monoisotopic (exact) mass is 330 g/mol. The summed E-state index contributed by atoms with van der Waals surface area (Å²) in [7, 11) is 2.86. The Kier molecular flexibility index (Phi) is 5.51. The number of nitrogens with one attached hydrogen (secondary N) is 1. The van der Waals surface area contributed by atoms with Gasteiger partial charge in [0.25, 0.3) is 6.43 Å². The van der Waals surface area contributed by atoms with E-state index in [1.807, 2.05) is 0 Å². The Morgan fingerprint density at radius 2 is 2.13 bits per heavy atom. The fourth-order valence-corrected chi connectivity index (χ4v) is 2.60. The van der Waals surface area contributed by atoms with E-state index < -0.39 is 24.3 Å². The van der Waals surface area contributed by atoms with Gasteiger partial charge in [0.15, 0.2) is 5.79 Å². The second kappa shape index (κ2) is 7.20.